The van der Waals surface area contributed by atoms with Gasteiger partial charge in [0.25, 0.3) is 0 Å². The monoisotopic (exact) mass is 236 g/mol. The Kier molecular flexibility index (Phi) is 7.07. The lowest BCUT2D eigenvalue weighted by Crippen LogP contribution is -2.13. The van der Waals surface area contributed by atoms with E-state index in [-0.39, 0.29) is 5.97 Å². The molecule has 0 N–H and O–H groups in total. The summed E-state index contributed by atoms with van der Waals surface area (Å²) in [5.41, 5.74) is 0.976. The van der Waals surface area contributed by atoms with Gasteiger partial charge in [0.05, 0.1) is 13.0 Å². The van der Waals surface area contributed by atoms with E-state index in [9.17, 15) is 4.79 Å². The number of carbonyl (C=O) groups is 1. The van der Waals surface area contributed by atoms with Gasteiger partial charge in [0.1, 0.15) is 6.61 Å². The zero-order valence-electron chi connectivity index (χ0n) is 10.4. The normalized spacial score (nSPS) is 10.2. The zero-order valence-corrected chi connectivity index (χ0v) is 10.4. The largest absolute Gasteiger partial charge is 0.463 e. The Labute approximate surface area is 103 Å². The summed E-state index contributed by atoms with van der Waals surface area (Å²) in [7, 11) is 0. The molecule has 3 nitrogen and oxygen atoms in total. The minimum atomic E-state index is -0.199. The summed E-state index contributed by atoms with van der Waals surface area (Å²) in [6.07, 6.45) is 2.50. The van der Waals surface area contributed by atoms with Gasteiger partial charge in [0, 0.05) is 6.61 Å². The second-order valence-corrected chi connectivity index (χ2v) is 3.85. The van der Waals surface area contributed by atoms with E-state index in [0.717, 1.165) is 25.0 Å². The molecule has 0 aliphatic heterocycles. The van der Waals surface area contributed by atoms with E-state index in [1.165, 1.54) is 0 Å². The van der Waals surface area contributed by atoms with E-state index in [4.69, 9.17) is 9.47 Å². The first-order chi connectivity index (χ1) is 8.33. The maximum absolute atomic E-state index is 11.4. The van der Waals surface area contributed by atoms with Crippen LogP contribution in [0.15, 0.2) is 30.3 Å². The number of ether oxygens (including phenoxy) is 2. The highest BCUT2D eigenvalue weighted by Crippen LogP contribution is 2.00. The van der Waals surface area contributed by atoms with Gasteiger partial charge in [-0.2, -0.15) is 0 Å². The first-order valence-electron chi connectivity index (χ1n) is 6.10. The minimum Gasteiger partial charge on any atom is -0.463 e. The Morgan fingerprint density at radius 2 is 1.88 bits per heavy atom. The van der Waals surface area contributed by atoms with Gasteiger partial charge < -0.3 is 9.47 Å². The van der Waals surface area contributed by atoms with Gasteiger partial charge >= 0.3 is 5.97 Å². The fourth-order valence-corrected chi connectivity index (χ4v) is 1.38. The highest BCUT2D eigenvalue weighted by molar-refractivity contribution is 5.72. The molecule has 1 aromatic rings. The Bertz CT molecular complexity index is 309. The maximum Gasteiger partial charge on any atom is 0.310 e. The Morgan fingerprint density at radius 1 is 1.12 bits per heavy atom. The SMILES string of the molecule is CCCCOCCOC(=O)Cc1ccccc1. The van der Waals surface area contributed by atoms with Crippen LogP contribution in [0.25, 0.3) is 0 Å². The summed E-state index contributed by atoms with van der Waals surface area (Å²) in [6, 6.07) is 9.58. The fraction of sp³-hybridized carbons (Fsp3) is 0.500. The van der Waals surface area contributed by atoms with E-state index < -0.39 is 0 Å². The molecule has 0 aliphatic carbocycles. The lowest BCUT2D eigenvalue weighted by molar-refractivity contribution is -0.144. The minimum absolute atomic E-state index is 0.199. The van der Waals surface area contributed by atoms with E-state index in [1.54, 1.807) is 0 Å². The molecule has 0 saturated heterocycles. The van der Waals surface area contributed by atoms with Crippen molar-refractivity contribution in [2.45, 2.75) is 26.2 Å². The van der Waals surface area contributed by atoms with Gasteiger partial charge in [-0.1, -0.05) is 43.7 Å². The van der Waals surface area contributed by atoms with Crippen molar-refractivity contribution in [3.63, 3.8) is 0 Å². The lowest BCUT2D eigenvalue weighted by atomic mass is 10.2. The number of hydrogen-bond donors (Lipinski definition) is 0. The molecule has 0 saturated carbocycles. The zero-order chi connectivity index (χ0) is 12.3. The standard InChI is InChI=1S/C14H20O3/c1-2-3-9-16-10-11-17-14(15)12-13-7-5-4-6-8-13/h4-8H,2-3,9-12H2,1H3. The third-order valence-electron chi connectivity index (χ3n) is 2.32. The third-order valence-corrected chi connectivity index (χ3v) is 2.32. The van der Waals surface area contributed by atoms with Crippen molar-refractivity contribution in [3.05, 3.63) is 35.9 Å². The summed E-state index contributed by atoms with van der Waals surface area (Å²) in [6.45, 7) is 3.69. The molecule has 0 aliphatic rings. The van der Waals surface area contributed by atoms with Crippen LogP contribution in [0.2, 0.25) is 0 Å². The molecule has 94 valence electrons. The Hall–Kier alpha value is -1.35. The van der Waals surface area contributed by atoms with Crippen LogP contribution in [-0.2, 0) is 20.7 Å². The van der Waals surface area contributed by atoms with Crippen molar-refractivity contribution in [2.24, 2.45) is 0 Å². The van der Waals surface area contributed by atoms with Gasteiger partial charge in [0.15, 0.2) is 0 Å². The smallest absolute Gasteiger partial charge is 0.310 e. The van der Waals surface area contributed by atoms with E-state index >= 15 is 0 Å². The molecule has 0 fully saturated rings. The average molecular weight is 236 g/mol. The average Bonchev–Trinajstić information content (AvgIpc) is 2.35. The molecule has 1 rings (SSSR count). The topological polar surface area (TPSA) is 35.5 Å². The molecular weight excluding hydrogens is 216 g/mol. The second kappa shape index (κ2) is 8.76. The predicted molar refractivity (Wildman–Crippen MR) is 66.8 cm³/mol. The first-order valence-corrected chi connectivity index (χ1v) is 6.10. The Balaban J connectivity index is 2.06. The van der Waals surface area contributed by atoms with Crippen LogP contribution < -0.4 is 0 Å². The highest BCUT2D eigenvalue weighted by Gasteiger charge is 2.03. The van der Waals surface area contributed by atoms with Crippen LogP contribution in [-0.4, -0.2) is 25.8 Å². The third kappa shape index (κ3) is 6.74. The van der Waals surface area contributed by atoms with Crippen LogP contribution in [0.4, 0.5) is 0 Å². The first kappa shape index (κ1) is 13.7. The molecule has 1 aromatic carbocycles. The van der Waals surface area contributed by atoms with Crippen LogP contribution >= 0.6 is 0 Å². The second-order valence-electron chi connectivity index (χ2n) is 3.85. The molecule has 0 unspecified atom stereocenters. The lowest BCUT2D eigenvalue weighted by Gasteiger charge is -2.05. The number of carbonyl (C=O) groups excluding carboxylic acids is 1. The highest BCUT2D eigenvalue weighted by atomic mass is 16.6. The van der Waals surface area contributed by atoms with Crippen molar-refractivity contribution < 1.29 is 14.3 Å². The number of benzene rings is 1. The summed E-state index contributed by atoms with van der Waals surface area (Å²) >= 11 is 0. The van der Waals surface area contributed by atoms with E-state index in [0.29, 0.717) is 19.6 Å². The van der Waals surface area contributed by atoms with Gasteiger partial charge in [-0.15, -0.1) is 0 Å². The summed E-state index contributed by atoms with van der Waals surface area (Å²) < 4.78 is 10.4. The molecule has 0 aromatic heterocycles. The summed E-state index contributed by atoms with van der Waals surface area (Å²) in [5.74, 6) is -0.199. The van der Waals surface area contributed by atoms with Crippen molar-refractivity contribution in [3.8, 4) is 0 Å². The predicted octanol–water partition coefficient (Wildman–Crippen LogP) is 2.59. The Morgan fingerprint density at radius 3 is 2.59 bits per heavy atom. The molecular formula is C14H20O3. The number of hydrogen-bond acceptors (Lipinski definition) is 3. The molecule has 0 spiro atoms. The number of esters is 1. The van der Waals surface area contributed by atoms with Crippen LogP contribution in [0.1, 0.15) is 25.3 Å². The van der Waals surface area contributed by atoms with Crippen LogP contribution in [0, 0.1) is 0 Å². The number of unbranched alkanes of at least 4 members (excludes halogenated alkanes) is 1. The fourth-order valence-electron chi connectivity index (χ4n) is 1.38. The van der Waals surface area contributed by atoms with Crippen molar-refractivity contribution in [1.82, 2.24) is 0 Å². The summed E-state index contributed by atoms with van der Waals surface area (Å²) in [4.78, 5) is 11.4. The molecule has 0 heterocycles. The van der Waals surface area contributed by atoms with Crippen LogP contribution in [0.5, 0.6) is 0 Å². The van der Waals surface area contributed by atoms with Gasteiger partial charge in [-0.3, -0.25) is 4.79 Å². The van der Waals surface area contributed by atoms with Crippen molar-refractivity contribution >= 4 is 5.97 Å². The molecule has 0 radical (unpaired) electrons. The quantitative estimate of drug-likeness (QED) is 0.514. The van der Waals surface area contributed by atoms with E-state index in [2.05, 4.69) is 6.92 Å². The summed E-state index contributed by atoms with van der Waals surface area (Å²) in [5, 5.41) is 0. The van der Waals surface area contributed by atoms with Crippen LogP contribution in [0.3, 0.4) is 0 Å². The van der Waals surface area contributed by atoms with Crippen molar-refractivity contribution in [2.75, 3.05) is 19.8 Å². The maximum atomic E-state index is 11.4. The van der Waals surface area contributed by atoms with Crippen molar-refractivity contribution in [1.29, 1.82) is 0 Å². The molecule has 3 heteroatoms. The molecule has 0 bridgehead atoms. The van der Waals surface area contributed by atoms with E-state index in [1.807, 2.05) is 30.3 Å². The number of rotatable bonds is 8. The molecule has 17 heavy (non-hydrogen) atoms. The van der Waals surface area contributed by atoms with Gasteiger partial charge in [-0.25, -0.2) is 0 Å². The molecule has 0 amide bonds. The van der Waals surface area contributed by atoms with Gasteiger partial charge in [-0.05, 0) is 12.0 Å². The molecule has 0 atom stereocenters. The van der Waals surface area contributed by atoms with Gasteiger partial charge in [0.2, 0.25) is 0 Å².